The zero-order chi connectivity index (χ0) is 26.0. The normalized spacial score (nSPS) is 18.1. The van der Waals surface area contributed by atoms with E-state index in [0.717, 1.165) is 41.7 Å². The first-order valence-electron chi connectivity index (χ1n) is 12.7. The van der Waals surface area contributed by atoms with Gasteiger partial charge >= 0.3 is 5.97 Å². The summed E-state index contributed by atoms with van der Waals surface area (Å²) in [5.41, 5.74) is 3.70. The van der Waals surface area contributed by atoms with Crippen molar-refractivity contribution in [3.63, 3.8) is 0 Å². The molecule has 1 heterocycles. The molecule has 0 saturated heterocycles. The van der Waals surface area contributed by atoms with E-state index in [-0.39, 0.29) is 5.75 Å². The Bertz CT molecular complexity index is 1430. The molecule has 0 radical (unpaired) electrons. The summed E-state index contributed by atoms with van der Waals surface area (Å²) in [6.45, 7) is 1.54. The second kappa shape index (κ2) is 10.1. The predicted octanol–water partition coefficient (Wildman–Crippen LogP) is 5.32. The van der Waals surface area contributed by atoms with Crippen LogP contribution in [0.1, 0.15) is 72.6 Å². The lowest BCUT2D eigenvalue weighted by molar-refractivity contribution is -0.130. The quantitative estimate of drug-likeness (QED) is 0.464. The van der Waals surface area contributed by atoms with Gasteiger partial charge in [0.2, 0.25) is 0 Å². The van der Waals surface area contributed by atoms with Crippen LogP contribution in [0.25, 0.3) is 22.6 Å². The van der Waals surface area contributed by atoms with Gasteiger partial charge in [0.1, 0.15) is 11.3 Å². The number of hydrogen-bond donors (Lipinski definition) is 2. The van der Waals surface area contributed by atoms with Gasteiger partial charge in [0.05, 0.1) is 22.8 Å². The average molecular weight is 496 g/mol. The van der Waals surface area contributed by atoms with Gasteiger partial charge in [0.15, 0.2) is 6.10 Å². The summed E-state index contributed by atoms with van der Waals surface area (Å²) in [6, 6.07) is 16.6. The van der Waals surface area contributed by atoms with Crippen LogP contribution in [-0.4, -0.2) is 33.6 Å². The van der Waals surface area contributed by atoms with E-state index >= 15 is 0 Å². The van der Waals surface area contributed by atoms with Crippen LogP contribution < -0.4 is 5.32 Å². The molecule has 2 N–H and O–H groups in total. The molecule has 1 fully saturated rings. The van der Waals surface area contributed by atoms with Crippen molar-refractivity contribution in [1.29, 1.82) is 5.26 Å². The first-order valence-corrected chi connectivity index (χ1v) is 12.7. The molecule has 37 heavy (non-hydrogen) atoms. The van der Waals surface area contributed by atoms with Gasteiger partial charge in [-0.25, -0.2) is 9.78 Å². The van der Waals surface area contributed by atoms with E-state index in [1.165, 1.54) is 0 Å². The number of hydrogen-bond acceptors (Lipinski definition) is 6. The number of rotatable bonds is 5. The molecule has 3 aromatic rings. The predicted molar refractivity (Wildman–Crippen MR) is 140 cm³/mol. The van der Waals surface area contributed by atoms with Crippen molar-refractivity contribution in [3.8, 4) is 11.8 Å². The lowest BCUT2D eigenvalue weighted by Crippen LogP contribution is -2.52. The number of carbonyl (C=O) groups excluding carboxylic acids is 2. The fraction of sp³-hybridized carbons (Fsp3) is 0.333. The number of nitrogens with one attached hydrogen (secondary N) is 1. The van der Waals surface area contributed by atoms with E-state index in [1.54, 1.807) is 19.1 Å². The first-order chi connectivity index (χ1) is 17.9. The number of ether oxygens (including phenoxy) is 1. The van der Waals surface area contributed by atoms with Gasteiger partial charge in [-0.2, -0.15) is 5.26 Å². The summed E-state index contributed by atoms with van der Waals surface area (Å²) in [4.78, 5) is 31.3. The number of carbonyl (C=O) groups is 2. The van der Waals surface area contributed by atoms with E-state index < -0.39 is 23.5 Å². The van der Waals surface area contributed by atoms with E-state index in [9.17, 15) is 20.0 Å². The van der Waals surface area contributed by atoms with E-state index in [4.69, 9.17) is 9.72 Å². The largest absolute Gasteiger partial charge is 0.508 e. The number of para-hydroxylation sites is 1. The van der Waals surface area contributed by atoms with Gasteiger partial charge in [-0.05, 0) is 73.6 Å². The van der Waals surface area contributed by atoms with Crippen molar-refractivity contribution in [1.82, 2.24) is 10.3 Å². The third-order valence-electron chi connectivity index (χ3n) is 7.32. The highest BCUT2D eigenvalue weighted by Crippen LogP contribution is 2.38. The smallest absolute Gasteiger partial charge is 0.339 e. The number of amides is 1. The molecule has 0 bridgehead atoms. The summed E-state index contributed by atoms with van der Waals surface area (Å²) < 4.78 is 5.69. The maximum atomic E-state index is 13.5. The highest BCUT2D eigenvalue weighted by molar-refractivity contribution is 6.07. The summed E-state index contributed by atoms with van der Waals surface area (Å²) in [5, 5.41) is 22.8. The van der Waals surface area contributed by atoms with Gasteiger partial charge in [0, 0.05) is 5.39 Å². The molecule has 2 aliphatic rings. The summed E-state index contributed by atoms with van der Waals surface area (Å²) >= 11 is 0. The number of esters is 1. The lowest BCUT2D eigenvalue weighted by Gasteiger charge is -2.32. The Morgan fingerprint density at radius 3 is 2.57 bits per heavy atom. The molecule has 1 aromatic heterocycles. The van der Waals surface area contributed by atoms with Crippen LogP contribution in [-0.2, 0) is 16.0 Å². The number of phenolic OH excluding ortho intramolecular Hbond substituents is 1. The number of aromatic nitrogens is 1. The molecule has 0 spiro atoms. The molecule has 1 amide bonds. The van der Waals surface area contributed by atoms with Gasteiger partial charge < -0.3 is 15.2 Å². The standard InChI is InChI=1S/C30H29N3O4/c1-19(28(35)33-30(18-31)15-5-2-6-16-30)37-29(36)26-23-7-3-4-8-25(23)32-27-21(11-14-24(26)27)17-20-9-12-22(34)13-10-20/h3-4,7-10,12-13,17,19,34H,2,5-6,11,14-16H2,1H3,(H,33,35)/b21-17+. The van der Waals surface area contributed by atoms with Crippen molar-refractivity contribution in [2.75, 3.05) is 0 Å². The molecule has 1 unspecified atom stereocenters. The summed E-state index contributed by atoms with van der Waals surface area (Å²) in [6.07, 6.45) is 6.34. The molecule has 0 aliphatic heterocycles. The molecule has 7 heteroatoms. The molecule has 7 nitrogen and oxygen atoms in total. The minimum absolute atomic E-state index is 0.199. The number of nitrogens with zero attached hydrogens (tertiary/aromatic N) is 2. The van der Waals surface area contributed by atoms with Crippen LogP contribution in [0.15, 0.2) is 48.5 Å². The molecular formula is C30H29N3O4. The maximum absolute atomic E-state index is 13.5. The monoisotopic (exact) mass is 495 g/mol. The molecule has 1 saturated carbocycles. The molecule has 1 atom stereocenters. The van der Waals surface area contributed by atoms with Gasteiger partial charge in [-0.3, -0.25) is 4.79 Å². The zero-order valence-electron chi connectivity index (χ0n) is 20.8. The Hall–Kier alpha value is -4.18. The third-order valence-corrected chi connectivity index (χ3v) is 7.32. The number of fused-ring (bicyclic) bond motifs is 2. The molecule has 2 aromatic carbocycles. The van der Waals surface area contributed by atoms with Crippen LogP contribution in [0.3, 0.4) is 0 Å². The number of phenols is 1. The van der Waals surface area contributed by atoms with Crippen LogP contribution in [0.5, 0.6) is 5.75 Å². The Balaban J connectivity index is 1.44. The van der Waals surface area contributed by atoms with Crippen molar-refractivity contribution in [2.24, 2.45) is 0 Å². The van der Waals surface area contributed by atoms with Crippen molar-refractivity contribution < 1.29 is 19.4 Å². The van der Waals surface area contributed by atoms with Gasteiger partial charge in [-0.15, -0.1) is 0 Å². The fourth-order valence-electron chi connectivity index (χ4n) is 5.31. The van der Waals surface area contributed by atoms with Gasteiger partial charge in [0.25, 0.3) is 5.91 Å². The van der Waals surface area contributed by atoms with Crippen molar-refractivity contribution in [2.45, 2.75) is 63.5 Å². The molecule has 2 aliphatic carbocycles. The summed E-state index contributed by atoms with van der Waals surface area (Å²) in [5.74, 6) is -0.830. The highest BCUT2D eigenvalue weighted by Gasteiger charge is 2.36. The lowest BCUT2D eigenvalue weighted by atomic mass is 9.83. The topological polar surface area (TPSA) is 112 Å². The number of pyridine rings is 1. The van der Waals surface area contributed by atoms with Crippen LogP contribution in [0.4, 0.5) is 0 Å². The second-order valence-electron chi connectivity index (χ2n) is 9.88. The second-order valence-corrected chi connectivity index (χ2v) is 9.88. The molecular weight excluding hydrogens is 466 g/mol. The van der Waals surface area contributed by atoms with E-state index in [0.29, 0.717) is 42.1 Å². The van der Waals surface area contributed by atoms with Gasteiger partial charge in [-0.1, -0.05) is 49.6 Å². The molecule has 5 rings (SSSR count). The van der Waals surface area contributed by atoms with Crippen molar-refractivity contribution in [3.05, 3.63) is 70.9 Å². The number of allylic oxidation sites excluding steroid dienone is 1. The van der Waals surface area contributed by atoms with E-state index in [2.05, 4.69) is 11.4 Å². The Kier molecular flexibility index (Phi) is 6.66. The minimum Gasteiger partial charge on any atom is -0.508 e. The fourth-order valence-corrected chi connectivity index (χ4v) is 5.31. The van der Waals surface area contributed by atoms with Crippen LogP contribution in [0.2, 0.25) is 0 Å². The number of nitriles is 1. The maximum Gasteiger partial charge on any atom is 0.339 e. The Morgan fingerprint density at radius 2 is 1.84 bits per heavy atom. The zero-order valence-corrected chi connectivity index (χ0v) is 20.8. The third kappa shape index (κ3) is 4.92. The SMILES string of the molecule is CC(OC(=O)c1c2c(nc3ccccc13)/C(=C/c1ccc(O)cc1)CC2)C(=O)NC1(C#N)CCCCC1. The highest BCUT2D eigenvalue weighted by atomic mass is 16.5. The van der Waals surface area contributed by atoms with Crippen LogP contribution >= 0.6 is 0 Å². The summed E-state index contributed by atoms with van der Waals surface area (Å²) in [7, 11) is 0. The molecule has 188 valence electrons. The minimum atomic E-state index is -1.05. The number of aromatic hydroxyl groups is 1. The Labute approximate surface area is 215 Å². The van der Waals surface area contributed by atoms with Crippen molar-refractivity contribution >= 4 is 34.4 Å². The average Bonchev–Trinajstić information content (AvgIpc) is 3.30. The first kappa shape index (κ1) is 24.5. The van der Waals surface area contributed by atoms with Crippen LogP contribution in [0, 0.1) is 11.3 Å². The Morgan fingerprint density at radius 1 is 1.11 bits per heavy atom. The number of benzene rings is 2. The van der Waals surface area contributed by atoms with E-state index in [1.807, 2.05) is 42.5 Å².